The summed E-state index contributed by atoms with van der Waals surface area (Å²) in [6.07, 6.45) is 1.62. The Morgan fingerprint density at radius 3 is 2.63 bits per heavy atom. The van der Waals surface area contributed by atoms with Crippen molar-refractivity contribution in [2.45, 2.75) is 44.8 Å². The lowest BCUT2D eigenvalue weighted by atomic mass is 10.00. The molecule has 1 aliphatic rings. The molecule has 1 aromatic heterocycles. The number of carbonyl (C=O) groups is 1. The predicted molar refractivity (Wildman–Crippen MR) is 98.9 cm³/mol. The fraction of sp³-hybridized carbons (Fsp3) is 0.400. The zero-order chi connectivity index (χ0) is 19.4. The molecule has 1 aromatic carbocycles. The molecule has 2 aromatic rings. The third-order valence-corrected chi connectivity index (χ3v) is 4.87. The van der Waals surface area contributed by atoms with Gasteiger partial charge in [0, 0.05) is 30.0 Å². The molecule has 2 heterocycles. The van der Waals surface area contributed by atoms with Crippen molar-refractivity contribution in [1.82, 2.24) is 4.98 Å². The molecule has 7 heteroatoms. The standard InChI is InChI=1S/C20H22F3N3O/c1-2-17-5-3-4-12-26(17)18-13-14(10-11-24-18)19(27)25-16-8-6-15(7-9-16)20(21,22)23/h6-11,13,17H,2-5,12H2,1H3,(H,25,27). The van der Waals surface area contributed by atoms with Crippen LogP contribution in [0.2, 0.25) is 0 Å². The van der Waals surface area contributed by atoms with E-state index in [1.54, 1.807) is 18.3 Å². The summed E-state index contributed by atoms with van der Waals surface area (Å²) in [6.45, 7) is 3.06. The zero-order valence-corrected chi connectivity index (χ0v) is 15.1. The van der Waals surface area contributed by atoms with Crippen molar-refractivity contribution in [1.29, 1.82) is 0 Å². The smallest absolute Gasteiger partial charge is 0.354 e. The van der Waals surface area contributed by atoms with E-state index < -0.39 is 11.7 Å². The van der Waals surface area contributed by atoms with Gasteiger partial charge in [0.2, 0.25) is 0 Å². The molecule has 144 valence electrons. The molecule has 0 radical (unpaired) electrons. The molecule has 1 atom stereocenters. The normalized spacial score (nSPS) is 17.6. The number of hydrogen-bond acceptors (Lipinski definition) is 3. The van der Waals surface area contributed by atoms with Gasteiger partial charge in [-0.05, 0) is 62.1 Å². The lowest BCUT2D eigenvalue weighted by Crippen LogP contribution is -2.39. The Morgan fingerprint density at radius 1 is 1.22 bits per heavy atom. The molecular formula is C20H22F3N3O. The molecule has 1 saturated heterocycles. The number of aromatic nitrogens is 1. The third kappa shape index (κ3) is 4.59. The number of pyridine rings is 1. The SMILES string of the molecule is CCC1CCCCN1c1cc(C(=O)Nc2ccc(C(F)(F)F)cc2)ccn1. The average molecular weight is 377 g/mol. The molecule has 0 aliphatic carbocycles. The number of piperidine rings is 1. The van der Waals surface area contributed by atoms with E-state index in [1.165, 1.54) is 18.6 Å². The Hall–Kier alpha value is -2.57. The molecule has 0 bridgehead atoms. The minimum Gasteiger partial charge on any atom is -0.354 e. The van der Waals surface area contributed by atoms with E-state index >= 15 is 0 Å². The number of nitrogens with one attached hydrogen (secondary N) is 1. The minimum absolute atomic E-state index is 0.316. The second-order valence-electron chi connectivity index (χ2n) is 6.68. The van der Waals surface area contributed by atoms with E-state index in [0.29, 0.717) is 17.3 Å². The topological polar surface area (TPSA) is 45.2 Å². The number of nitrogens with zero attached hydrogens (tertiary/aromatic N) is 2. The highest BCUT2D eigenvalue weighted by Gasteiger charge is 2.30. The molecule has 0 saturated carbocycles. The van der Waals surface area contributed by atoms with Crippen molar-refractivity contribution in [3.63, 3.8) is 0 Å². The summed E-state index contributed by atoms with van der Waals surface area (Å²) in [7, 11) is 0. The number of benzene rings is 1. The van der Waals surface area contributed by atoms with Gasteiger partial charge in [0.05, 0.1) is 5.56 Å². The van der Waals surface area contributed by atoms with Gasteiger partial charge in [0.25, 0.3) is 5.91 Å². The van der Waals surface area contributed by atoms with Crippen molar-refractivity contribution in [2.24, 2.45) is 0 Å². The summed E-state index contributed by atoms with van der Waals surface area (Å²) < 4.78 is 37.9. The maximum Gasteiger partial charge on any atom is 0.416 e. The first-order chi connectivity index (χ1) is 12.9. The van der Waals surface area contributed by atoms with Gasteiger partial charge < -0.3 is 10.2 Å². The number of amides is 1. The van der Waals surface area contributed by atoms with E-state index in [1.807, 2.05) is 0 Å². The summed E-state index contributed by atoms with van der Waals surface area (Å²) >= 11 is 0. The largest absolute Gasteiger partial charge is 0.416 e. The predicted octanol–water partition coefficient (Wildman–Crippen LogP) is 5.12. The average Bonchev–Trinajstić information content (AvgIpc) is 2.67. The highest BCUT2D eigenvalue weighted by Crippen LogP contribution is 2.30. The van der Waals surface area contributed by atoms with Gasteiger partial charge in [-0.2, -0.15) is 13.2 Å². The zero-order valence-electron chi connectivity index (χ0n) is 15.1. The van der Waals surface area contributed by atoms with E-state index in [4.69, 9.17) is 0 Å². The van der Waals surface area contributed by atoms with Crippen LogP contribution in [0.1, 0.15) is 48.5 Å². The van der Waals surface area contributed by atoms with Crippen LogP contribution in [-0.4, -0.2) is 23.5 Å². The minimum atomic E-state index is -4.40. The Kier molecular flexibility index (Phi) is 5.68. The second kappa shape index (κ2) is 7.98. The first-order valence-corrected chi connectivity index (χ1v) is 9.10. The van der Waals surface area contributed by atoms with Crippen molar-refractivity contribution in [3.8, 4) is 0 Å². The van der Waals surface area contributed by atoms with Crippen LogP contribution in [0.4, 0.5) is 24.7 Å². The van der Waals surface area contributed by atoms with E-state index in [-0.39, 0.29) is 5.91 Å². The summed E-state index contributed by atoms with van der Waals surface area (Å²) in [5, 5.41) is 2.64. The molecule has 0 spiro atoms. The van der Waals surface area contributed by atoms with E-state index in [9.17, 15) is 18.0 Å². The first-order valence-electron chi connectivity index (χ1n) is 9.10. The Morgan fingerprint density at radius 2 is 1.96 bits per heavy atom. The number of halogens is 3. The molecular weight excluding hydrogens is 355 g/mol. The summed E-state index contributed by atoms with van der Waals surface area (Å²) in [5.74, 6) is 0.394. The number of carbonyl (C=O) groups excluding carboxylic acids is 1. The van der Waals surface area contributed by atoms with Crippen LogP contribution < -0.4 is 10.2 Å². The highest BCUT2D eigenvalue weighted by molar-refractivity contribution is 6.04. The third-order valence-electron chi connectivity index (χ3n) is 4.87. The molecule has 1 fully saturated rings. The molecule has 4 nitrogen and oxygen atoms in total. The summed E-state index contributed by atoms with van der Waals surface area (Å²) in [6, 6.07) is 8.17. The lowest BCUT2D eigenvalue weighted by Gasteiger charge is -2.36. The van der Waals surface area contributed by atoms with Crippen molar-refractivity contribution in [3.05, 3.63) is 53.7 Å². The number of alkyl halides is 3. The Balaban J connectivity index is 1.73. The van der Waals surface area contributed by atoms with Gasteiger partial charge in [-0.3, -0.25) is 4.79 Å². The van der Waals surface area contributed by atoms with Gasteiger partial charge in [-0.15, -0.1) is 0 Å². The van der Waals surface area contributed by atoms with Crippen LogP contribution in [-0.2, 0) is 6.18 Å². The molecule has 1 N–H and O–H groups in total. The van der Waals surface area contributed by atoms with E-state index in [0.717, 1.165) is 43.8 Å². The molecule has 1 amide bonds. The summed E-state index contributed by atoms with van der Waals surface area (Å²) in [5.41, 5.74) is -0.00139. The van der Waals surface area contributed by atoms with Crippen LogP contribution in [0.15, 0.2) is 42.6 Å². The first kappa shape index (κ1) is 19.2. The van der Waals surface area contributed by atoms with Crippen LogP contribution in [0.3, 0.4) is 0 Å². The van der Waals surface area contributed by atoms with Gasteiger partial charge in [0.15, 0.2) is 0 Å². The molecule has 1 aliphatic heterocycles. The lowest BCUT2D eigenvalue weighted by molar-refractivity contribution is -0.137. The van der Waals surface area contributed by atoms with Gasteiger partial charge in [0.1, 0.15) is 5.82 Å². The van der Waals surface area contributed by atoms with Gasteiger partial charge >= 0.3 is 6.18 Å². The quantitative estimate of drug-likeness (QED) is 0.804. The second-order valence-corrected chi connectivity index (χ2v) is 6.68. The molecule has 27 heavy (non-hydrogen) atoms. The monoisotopic (exact) mass is 377 g/mol. The summed E-state index contributed by atoms with van der Waals surface area (Å²) in [4.78, 5) is 19.1. The highest BCUT2D eigenvalue weighted by atomic mass is 19.4. The molecule has 3 rings (SSSR count). The maximum atomic E-state index is 12.6. The number of anilines is 2. The van der Waals surface area contributed by atoms with Gasteiger partial charge in [-0.25, -0.2) is 4.98 Å². The van der Waals surface area contributed by atoms with E-state index in [2.05, 4.69) is 22.1 Å². The maximum absolute atomic E-state index is 12.6. The van der Waals surface area contributed by atoms with Gasteiger partial charge in [-0.1, -0.05) is 6.92 Å². The van der Waals surface area contributed by atoms with Crippen molar-refractivity contribution < 1.29 is 18.0 Å². The molecule has 1 unspecified atom stereocenters. The Bertz CT molecular complexity index is 790. The van der Waals surface area contributed by atoms with Crippen LogP contribution in [0, 0.1) is 0 Å². The Labute approximate surface area is 156 Å². The van der Waals surface area contributed by atoms with Crippen LogP contribution >= 0.6 is 0 Å². The van der Waals surface area contributed by atoms with Crippen molar-refractivity contribution >= 4 is 17.4 Å². The number of hydrogen-bond donors (Lipinski definition) is 1. The number of rotatable bonds is 4. The van der Waals surface area contributed by atoms with Crippen LogP contribution in [0.25, 0.3) is 0 Å². The van der Waals surface area contributed by atoms with Crippen molar-refractivity contribution in [2.75, 3.05) is 16.8 Å². The fourth-order valence-corrected chi connectivity index (χ4v) is 3.39. The fourth-order valence-electron chi connectivity index (χ4n) is 3.39. The van der Waals surface area contributed by atoms with Crippen LogP contribution in [0.5, 0.6) is 0 Å².